The van der Waals surface area contributed by atoms with Crippen molar-refractivity contribution in [3.8, 4) is 0 Å². The van der Waals surface area contributed by atoms with Crippen LogP contribution in [-0.4, -0.2) is 52.8 Å². The van der Waals surface area contributed by atoms with Crippen molar-refractivity contribution in [3.05, 3.63) is 34.6 Å². The summed E-state index contributed by atoms with van der Waals surface area (Å²) in [5.41, 5.74) is 0.501. The number of carbonyl (C=O) groups is 3. The van der Waals surface area contributed by atoms with Crippen molar-refractivity contribution in [3.63, 3.8) is 0 Å². The normalized spacial score (nSPS) is 28.7. The van der Waals surface area contributed by atoms with E-state index in [0.717, 1.165) is 0 Å². The van der Waals surface area contributed by atoms with Gasteiger partial charge in [-0.2, -0.15) is 0 Å². The molecule has 0 bridgehead atoms. The maximum absolute atomic E-state index is 13.9. The number of rotatable bonds is 3. The Bertz CT molecular complexity index is 772. The maximum atomic E-state index is 13.9. The van der Waals surface area contributed by atoms with Crippen LogP contribution >= 0.6 is 11.6 Å². The van der Waals surface area contributed by atoms with Crippen LogP contribution in [0.5, 0.6) is 0 Å². The highest BCUT2D eigenvalue weighted by atomic mass is 35.5. The van der Waals surface area contributed by atoms with Crippen molar-refractivity contribution in [2.45, 2.75) is 19.4 Å². The Morgan fingerprint density at radius 3 is 2.54 bits per heavy atom. The summed E-state index contributed by atoms with van der Waals surface area (Å²) in [6.45, 7) is 2.27. The Morgan fingerprint density at radius 1 is 1.27 bits per heavy atom. The topological polar surface area (TPSA) is 77.9 Å². The van der Waals surface area contributed by atoms with Crippen LogP contribution in [-0.2, 0) is 14.4 Å². The number of hydrogen-bond acceptors (Lipinski definition) is 3. The average Bonchev–Trinajstić information content (AvgIpc) is 3.11. The molecule has 4 atom stereocenters. The molecule has 2 heterocycles. The van der Waals surface area contributed by atoms with Crippen molar-refractivity contribution >= 4 is 29.4 Å². The zero-order chi connectivity index (χ0) is 19.2. The molecule has 0 aliphatic carbocycles. The van der Waals surface area contributed by atoms with Gasteiger partial charge in [-0.15, -0.1) is 0 Å². The first kappa shape index (κ1) is 18.6. The van der Waals surface area contributed by atoms with Crippen LogP contribution in [0.2, 0.25) is 5.02 Å². The van der Waals surface area contributed by atoms with Gasteiger partial charge in [0.25, 0.3) is 0 Å². The molecule has 2 unspecified atom stereocenters. The van der Waals surface area contributed by atoms with E-state index in [1.165, 1.54) is 21.9 Å². The summed E-state index contributed by atoms with van der Waals surface area (Å²) in [6, 6.07) is 3.66. The van der Waals surface area contributed by atoms with E-state index in [1.807, 2.05) is 0 Å². The van der Waals surface area contributed by atoms with Crippen molar-refractivity contribution < 1.29 is 23.9 Å². The molecule has 1 aromatic rings. The molecule has 2 fully saturated rings. The molecule has 140 valence electrons. The lowest BCUT2D eigenvalue weighted by atomic mass is 9.92. The third-order valence-electron chi connectivity index (χ3n) is 5.43. The first-order chi connectivity index (χ1) is 12.2. The zero-order valence-corrected chi connectivity index (χ0v) is 15.2. The molecule has 26 heavy (non-hydrogen) atoms. The second-order valence-electron chi connectivity index (χ2n) is 7.10. The van der Waals surface area contributed by atoms with Crippen LogP contribution in [0.15, 0.2) is 18.2 Å². The average molecular weight is 383 g/mol. The van der Waals surface area contributed by atoms with Crippen LogP contribution in [0.1, 0.15) is 24.9 Å². The summed E-state index contributed by atoms with van der Waals surface area (Å²) in [7, 11) is 1.58. The Hall–Kier alpha value is -2.15. The molecule has 2 amide bonds. The van der Waals surface area contributed by atoms with Crippen LogP contribution < -0.4 is 0 Å². The van der Waals surface area contributed by atoms with E-state index in [0.29, 0.717) is 12.1 Å². The quantitative estimate of drug-likeness (QED) is 0.869. The number of benzene rings is 1. The number of aliphatic carboxylic acids is 1. The van der Waals surface area contributed by atoms with E-state index in [-0.39, 0.29) is 35.7 Å². The fourth-order valence-corrected chi connectivity index (χ4v) is 4.06. The number of hydrogen-bond donors (Lipinski definition) is 1. The lowest BCUT2D eigenvalue weighted by Gasteiger charge is -2.28. The van der Waals surface area contributed by atoms with Gasteiger partial charge in [0.15, 0.2) is 0 Å². The first-order valence-corrected chi connectivity index (χ1v) is 8.80. The van der Waals surface area contributed by atoms with Gasteiger partial charge in [-0.1, -0.05) is 24.6 Å². The lowest BCUT2D eigenvalue weighted by molar-refractivity contribution is -0.142. The Kier molecular flexibility index (Phi) is 4.92. The number of carboxylic acid groups (broad SMARTS) is 1. The number of carboxylic acids is 1. The maximum Gasteiger partial charge on any atom is 0.308 e. The number of nitrogens with zero attached hydrogens (tertiary/aromatic N) is 2. The standard InChI is InChI=1S/C18H20ClFN2O4/c1-9-7-22(8-12(9)18(25)26)17(24)11-6-15(23)21(2)16(11)10-3-4-13(19)14(20)5-10/h3-5,9,11-12,16H,6-8H2,1-2H3,(H,25,26)/t9-,11?,12-,16?/m1/s1. The third-order valence-corrected chi connectivity index (χ3v) is 5.74. The summed E-state index contributed by atoms with van der Waals surface area (Å²) < 4.78 is 13.9. The monoisotopic (exact) mass is 382 g/mol. The number of amides is 2. The zero-order valence-electron chi connectivity index (χ0n) is 14.5. The Morgan fingerprint density at radius 2 is 1.96 bits per heavy atom. The van der Waals surface area contributed by atoms with E-state index >= 15 is 0 Å². The van der Waals surface area contributed by atoms with Gasteiger partial charge in [-0.25, -0.2) is 4.39 Å². The number of halogens is 2. The van der Waals surface area contributed by atoms with Crippen LogP contribution in [0, 0.1) is 23.6 Å². The molecule has 1 aromatic carbocycles. The predicted octanol–water partition coefficient (Wildman–Crippen LogP) is 2.18. The Labute approximate surface area is 155 Å². The summed E-state index contributed by atoms with van der Waals surface area (Å²) >= 11 is 5.73. The van der Waals surface area contributed by atoms with Gasteiger partial charge in [0.2, 0.25) is 11.8 Å². The highest BCUT2D eigenvalue weighted by Gasteiger charge is 2.47. The molecule has 0 radical (unpaired) electrons. The molecule has 6 nitrogen and oxygen atoms in total. The molecule has 2 aliphatic heterocycles. The number of likely N-dealkylation sites (tertiary alicyclic amines) is 2. The largest absolute Gasteiger partial charge is 0.481 e. The molecular weight excluding hydrogens is 363 g/mol. The molecule has 0 saturated carbocycles. The fourth-order valence-electron chi connectivity index (χ4n) is 3.95. The number of carbonyl (C=O) groups excluding carboxylic acids is 2. The van der Waals surface area contributed by atoms with Gasteiger partial charge in [-0.3, -0.25) is 14.4 Å². The van der Waals surface area contributed by atoms with E-state index in [2.05, 4.69) is 0 Å². The van der Waals surface area contributed by atoms with E-state index in [9.17, 15) is 23.9 Å². The van der Waals surface area contributed by atoms with E-state index in [4.69, 9.17) is 11.6 Å². The first-order valence-electron chi connectivity index (χ1n) is 8.43. The van der Waals surface area contributed by atoms with Crippen LogP contribution in [0.4, 0.5) is 4.39 Å². The van der Waals surface area contributed by atoms with Gasteiger partial charge in [-0.05, 0) is 23.6 Å². The summed E-state index contributed by atoms with van der Waals surface area (Å²) in [5, 5.41) is 9.24. The van der Waals surface area contributed by atoms with Crippen molar-refractivity contribution in [2.24, 2.45) is 17.8 Å². The van der Waals surface area contributed by atoms with Gasteiger partial charge in [0.05, 0.1) is 22.9 Å². The molecule has 0 spiro atoms. The van der Waals surface area contributed by atoms with Gasteiger partial charge >= 0.3 is 5.97 Å². The molecule has 3 rings (SSSR count). The summed E-state index contributed by atoms with van der Waals surface area (Å²) in [4.78, 5) is 39.5. The van der Waals surface area contributed by atoms with E-state index in [1.54, 1.807) is 20.0 Å². The summed E-state index contributed by atoms with van der Waals surface area (Å²) in [5.74, 6) is -3.44. The third kappa shape index (κ3) is 3.16. The molecule has 0 aromatic heterocycles. The molecular formula is C18H20ClFN2O4. The lowest BCUT2D eigenvalue weighted by Crippen LogP contribution is -2.37. The van der Waals surface area contributed by atoms with Crippen molar-refractivity contribution in [2.75, 3.05) is 20.1 Å². The molecule has 1 N–H and O–H groups in total. The van der Waals surface area contributed by atoms with Crippen LogP contribution in [0.25, 0.3) is 0 Å². The minimum absolute atomic E-state index is 0.0207. The highest BCUT2D eigenvalue weighted by molar-refractivity contribution is 6.30. The Balaban J connectivity index is 1.87. The van der Waals surface area contributed by atoms with Crippen molar-refractivity contribution in [1.29, 1.82) is 0 Å². The highest BCUT2D eigenvalue weighted by Crippen LogP contribution is 2.40. The van der Waals surface area contributed by atoms with Gasteiger partial charge in [0, 0.05) is 26.6 Å². The van der Waals surface area contributed by atoms with Gasteiger partial charge in [0.1, 0.15) is 5.82 Å². The second-order valence-corrected chi connectivity index (χ2v) is 7.51. The predicted molar refractivity (Wildman–Crippen MR) is 91.9 cm³/mol. The fraction of sp³-hybridized carbons (Fsp3) is 0.500. The molecule has 2 aliphatic rings. The second kappa shape index (κ2) is 6.87. The molecule has 8 heteroatoms. The smallest absolute Gasteiger partial charge is 0.308 e. The minimum atomic E-state index is -0.927. The summed E-state index contributed by atoms with van der Waals surface area (Å²) in [6.07, 6.45) is 0.0207. The molecule has 2 saturated heterocycles. The SMILES string of the molecule is C[C@@H]1CN(C(=O)C2CC(=O)N(C)C2c2ccc(Cl)c(F)c2)C[C@H]1C(=O)O. The van der Waals surface area contributed by atoms with E-state index < -0.39 is 29.7 Å². The van der Waals surface area contributed by atoms with Gasteiger partial charge < -0.3 is 14.9 Å². The minimum Gasteiger partial charge on any atom is -0.481 e. The van der Waals surface area contributed by atoms with Crippen LogP contribution in [0.3, 0.4) is 0 Å². The van der Waals surface area contributed by atoms with Crippen molar-refractivity contribution in [1.82, 2.24) is 9.80 Å².